The molecule has 1 aliphatic heterocycles. The van der Waals surface area contributed by atoms with Gasteiger partial charge in [0.15, 0.2) is 0 Å². The van der Waals surface area contributed by atoms with Crippen LogP contribution >= 0.6 is 0 Å². The Morgan fingerprint density at radius 3 is 2.70 bits per heavy atom. The van der Waals surface area contributed by atoms with E-state index in [0.29, 0.717) is 13.2 Å². The first-order chi connectivity index (χ1) is 9.72. The minimum atomic E-state index is -0.124. The van der Waals surface area contributed by atoms with Crippen LogP contribution in [0.5, 0.6) is 0 Å². The Kier molecular flexibility index (Phi) is 5.76. The van der Waals surface area contributed by atoms with Crippen molar-refractivity contribution in [2.45, 2.75) is 6.54 Å². The molecule has 1 fully saturated rings. The van der Waals surface area contributed by atoms with Crippen LogP contribution in [-0.4, -0.2) is 58.4 Å². The predicted molar refractivity (Wildman–Crippen MR) is 79.7 cm³/mol. The van der Waals surface area contributed by atoms with Crippen molar-refractivity contribution in [2.24, 2.45) is 0 Å². The zero-order valence-electron chi connectivity index (χ0n) is 12.4. The summed E-state index contributed by atoms with van der Waals surface area (Å²) < 4.78 is 19.2. The highest BCUT2D eigenvalue weighted by Gasteiger charge is 2.19. The fourth-order valence-corrected chi connectivity index (χ4v) is 2.48. The first-order valence-electron chi connectivity index (χ1n) is 7.13. The molecule has 1 aromatic carbocycles. The third kappa shape index (κ3) is 3.91. The second-order valence-electron chi connectivity index (χ2n) is 5.21. The largest absolute Gasteiger partial charge is 0.383 e. The van der Waals surface area contributed by atoms with E-state index in [2.05, 4.69) is 22.2 Å². The maximum atomic E-state index is 14.2. The van der Waals surface area contributed by atoms with Gasteiger partial charge < -0.3 is 19.9 Å². The third-order valence-corrected chi connectivity index (χ3v) is 3.69. The maximum Gasteiger partial charge on any atom is 0.146 e. The van der Waals surface area contributed by atoms with E-state index in [1.807, 2.05) is 6.07 Å². The first kappa shape index (κ1) is 15.2. The Morgan fingerprint density at radius 2 is 2.00 bits per heavy atom. The summed E-state index contributed by atoms with van der Waals surface area (Å²) in [6.45, 7) is 5.82. The molecule has 0 bridgehead atoms. The van der Waals surface area contributed by atoms with Crippen LogP contribution in [0.1, 0.15) is 5.56 Å². The van der Waals surface area contributed by atoms with Gasteiger partial charge in [-0.05, 0) is 18.7 Å². The fourth-order valence-electron chi connectivity index (χ4n) is 2.48. The van der Waals surface area contributed by atoms with Crippen LogP contribution < -0.4 is 10.2 Å². The third-order valence-electron chi connectivity index (χ3n) is 3.69. The number of para-hydroxylation sites is 1. The predicted octanol–water partition coefficient (Wildman–Crippen LogP) is 1.31. The van der Waals surface area contributed by atoms with E-state index in [-0.39, 0.29) is 5.82 Å². The van der Waals surface area contributed by atoms with Crippen LogP contribution in [0.25, 0.3) is 0 Å². The van der Waals surface area contributed by atoms with Gasteiger partial charge in [-0.15, -0.1) is 0 Å². The summed E-state index contributed by atoms with van der Waals surface area (Å²) >= 11 is 0. The molecule has 1 aliphatic rings. The molecule has 0 atom stereocenters. The van der Waals surface area contributed by atoms with Crippen molar-refractivity contribution in [3.05, 3.63) is 29.6 Å². The van der Waals surface area contributed by atoms with Gasteiger partial charge >= 0.3 is 0 Å². The molecule has 4 nitrogen and oxygen atoms in total. The van der Waals surface area contributed by atoms with E-state index in [9.17, 15) is 4.39 Å². The summed E-state index contributed by atoms with van der Waals surface area (Å²) in [4.78, 5) is 4.43. The minimum Gasteiger partial charge on any atom is -0.383 e. The van der Waals surface area contributed by atoms with Gasteiger partial charge in [0.25, 0.3) is 0 Å². The Hall–Kier alpha value is -1.17. The molecule has 2 rings (SSSR count). The van der Waals surface area contributed by atoms with E-state index in [1.165, 1.54) is 0 Å². The quantitative estimate of drug-likeness (QED) is 0.796. The number of anilines is 1. The number of benzene rings is 1. The molecule has 0 radical (unpaired) electrons. The van der Waals surface area contributed by atoms with Crippen LogP contribution in [0, 0.1) is 5.82 Å². The first-order valence-corrected chi connectivity index (χ1v) is 7.13. The Labute approximate surface area is 120 Å². The summed E-state index contributed by atoms with van der Waals surface area (Å²) in [5.74, 6) is -0.124. The highest BCUT2D eigenvalue weighted by atomic mass is 19.1. The van der Waals surface area contributed by atoms with Gasteiger partial charge in [0.1, 0.15) is 5.82 Å². The zero-order chi connectivity index (χ0) is 14.4. The van der Waals surface area contributed by atoms with Crippen molar-refractivity contribution in [1.29, 1.82) is 0 Å². The van der Waals surface area contributed by atoms with Crippen molar-refractivity contribution in [2.75, 3.05) is 58.4 Å². The summed E-state index contributed by atoms with van der Waals surface area (Å²) in [6.07, 6.45) is 0. The molecule has 0 spiro atoms. The molecule has 1 heterocycles. The summed E-state index contributed by atoms with van der Waals surface area (Å²) in [5.41, 5.74) is 1.77. The van der Waals surface area contributed by atoms with E-state index in [0.717, 1.165) is 44.0 Å². The van der Waals surface area contributed by atoms with Crippen LogP contribution in [0.15, 0.2) is 18.2 Å². The lowest BCUT2D eigenvalue weighted by atomic mass is 10.1. The van der Waals surface area contributed by atoms with Gasteiger partial charge in [0, 0.05) is 46.4 Å². The number of nitrogens with zero attached hydrogens (tertiary/aromatic N) is 2. The molecular formula is C15H24FN3O. The number of halogens is 1. The van der Waals surface area contributed by atoms with E-state index < -0.39 is 0 Å². The monoisotopic (exact) mass is 281 g/mol. The fraction of sp³-hybridized carbons (Fsp3) is 0.600. The van der Waals surface area contributed by atoms with Crippen LogP contribution in [0.4, 0.5) is 10.1 Å². The second-order valence-corrected chi connectivity index (χ2v) is 5.21. The van der Waals surface area contributed by atoms with Gasteiger partial charge in [-0.2, -0.15) is 0 Å². The van der Waals surface area contributed by atoms with Gasteiger partial charge in [0.2, 0.25) is 0 Å². The average molecular weight is 281 g/mol. The molecule has 0 aliphatic carbocycles. The number of hydrogen-bond donors (Lipinski definition) is 1. The zero-order valence-corrected chi connectivity index (χ0v) is 12.4. The van der Waals surface area contributed by atoms with Crippen molar-refractivity contribution in [3.8, 4) is 0 Å². The van der Waals surface area contributed by atoms with E-state index >= 15 is 0 Å². The molecule has 0 amide bonds. The van der Waals surface area contributed by atoms with Crippen molar-refractivity contribution in [1.82, 2.24) is 10.2 Å². The van der Waals surface area contributed by atoms with E-state index in [1.54, 1.807) is 19.2 Å². The lowest BCUT2D eigenvalue weighted by Crippen LogP contribution is -2.45. The smallest absolute Gasteiger partial charge is 0.146 e. The average Bonchev–Trinajstić information content (AvgIpc) is 2.45. The molecule has 0 saturated carbocycles. The van der Waals surface area contributed by atoms with Crippen molar-refractivity contribution < 1.29 is 9.13 Å². The highest BCUT2D eigenvalue weighted by molar-refractivity contribution is 5.55. The summed E-state index contributed by atoms with van der Waals surface area (Å²) in [7, 11) is 3.78. The van der Waals surface area contributed by atoms with Crippen LogP contribution in [-0.2, 0) is 11.3 Å². The molecule has 1 aromatic rings. The topological polar surface area (TPSA) is 27.7 Å². The van der Waals surface area contributed by atoms with E-state index in [4.69, 9.17) is 4.74 Å². The summed E-state index contributed by atoms with van der Waals surface area (Å²) in [6, 6.07) is 5.32. The number of hydrogen-bond acceptors (Lipinski definition) is 4. The Bertz CT molecular complexity index is 420. The second kappa shape index (κ2) is 7.57. The normalized spacial score (nSPS) is 16.6. The van der Waals surface area contributed by atoms with Crippen LogP contribution in [0.2, 0.25) is 0 Å². The molecule has 20 heavy (non-hydrogen) atoms. The number of methoxy groups -OCH3 is 1. The van der Waals surface area contributed by atoms with Gasteiger partial charge in [-0.25, -0.2) is 4.39 Å². The number of likely N-dealkylation sites (N-methyl/N-ethyl adjacent to an activating group) is 1. The molecular weight excluding hydrogens is 257 g/mol. The van der Waals surface area contributed by atoms with Crippen LogP contribution in [0.3, 0.4) is 0 Å². The summed E-state index contributed by atoms with van der Waals surface area (Å²) in [5, 5.41) is 3.29. The van der Waals surface area contributed by atoms with Gasteiger partial charge in [0.05, 0.1) is 12.3 Å². The number of rotatable bonds is 6. The lowest BCUT2D eigenvalue weighted by molar-refractivity contribution is 0.199. The van der Waals surface area contributed by atoms with Gasteiger partial charge in [-0.1, -0.05) is 12.1 Å². The molecule has 112 valence electrons. The van der Waals surface area contributed by atoms with Gasteiger partial charge in [-0.3, -0.25) is 0 Å². The highest BCUT2D eigenvalue weighted by Crippen LogP contribution is 2.25. The Morgan fingerprint density at radius 1 is 1.25 bits per heavy atom. The Balaban J connectivity index is 2.06. The number of piperazine rings is 1. The molecule has 5 heteroatoms. The molecule has 0 aromatic heterocycles. The standard InChI is InChI=1S/C15H24FN3O/c1-18-7-9-19(10-8-18)15-13(4-3-5-14(15)16)12-17-6-11-20-2/h3-5,17H,6-12H2,1-2H3. The molecule has 0 unspecified atom stereocenters. The maximum absolute atomic E-state index is 14.2. The minimum absolute atomic E-state index is 0.124. The molecule has 1 N–H and O–H groups in total. The SMILES string of the molecule is COCCNCc1cccc(F)c1N1CCN(C)CC1. The number of nitrogens with one attached hydrogen (secondary N) is 1. The molecule has 1 saturated heterocycles. The lowest BCUT2D eigenvalue weighted by Gasteiger charge is -2.35. The number of ether oxygens (including phenoxy) is 1. The van der Waals surface area contributed by atoms with Crippen molar-refractivity contribution >= 4 is 5.69 Å². The van der Waals surface area contributed by atoms with Crippen molar-refractivity contribution in [3.63, 3.8) is 0 Å².